The van der Waals surface area contributed by atoms with Crippen molar-refractivity contribution in [2.45, 2.75) is 65.0 Å². The van der Waals surface area contributed by atoms with Crippen molar-refractivity contribution in [2.24, 2.45) is 5.92 Å². The van der Waals surface area contributed by atoms with Crippen LogP contribution >= 0.6 is 0 Å². The van der Waals surface area contributed by atoms with Crippen LogP contribution in [0.2, 0.25) is 0 Å². The second kappa shape index (κ2) is 3.33. The smallest absolute Gasteiger partial charge is 0.163 e. The molecule has 0 N–H and O–H groups in total. The third-order valence-corrected chi connectivity index (χ3v) is 3.53. The van der Waals surface area contributed by atoms with Gasteiger partial charge >= 0.3 is 0 Å². The Morgan fingerprint density at radius 1 is 1.27 bits per heavy atom. The van der Waals surface area contributed by atoms with Crippen LogP contribution in [-0.2, 0) is 9.47 Å². The van der Waals surface area contributed by atoms with Crippen LogP contribution in [-0.4, -0.2) is 17.5 Å². The fourth-order valence-electron chi connectivity index (χ4n) is 2.98. The molecule has 0 bridgehead atoms. The van der Waals surface area contributed by atoms with Gasteiger partial charge in [-0.15, -0.1) is 0 Å². The number of allylic oxidation sites excluding steroid dienone is 1. The lowest BCUT2D eigenvalue weighted by Crippen LogP contribution is -2.56. The summed E-state index contributed by atoms with van der Waals surface area (Å²) in [6, 6.07) is 0. The van der Waals surface area contributed by atoms with Gasteiger partial charge in [0, 0.05) is 5.92 Å². The zero-order valence-electron chi connectivity index (χ0n) is 10.5. The molecule has 0 radical (unpaired) electrons. The molecule has 2 heteroatoms. The summed E-state index contributed by atoms with van der Waals surface area (Å²) in [5.41, 5.74) is 1.37. The van der Waals surface area contributed by atoms with Gasteiger partial charge in [-0.1, -0.05) is 11.6 Å². The first kappa shape index (κ1) is 11.2. The molecule has 2 atom stereocenters. The van der Waals surface area contributed by atoms with Gasteiger partial charge in [0.15, 0.2) is 5.79 Å². The minimum absolute atomic E-state index is 0.0797. The third kappa shape index (κ3) is 2.11. The van der Waals surface area contributed by atoms with E-state index in [2.05, 4.69) is 26.8 Å². The molecule has 1 aliphatic carbocycles. The molecule has 0 aromatic heterocycles. The standard InChI is InChI=1S/C13H22O2/c1-9-6-7-10-11(8-9)14-13(4,5)15-12(10,2)3/h6,10-11H,7-8H2,1-5H3/t10-,11-/m1/s1. The van der Waals surface area contributed by atoms with Crippen molar-refractivity contribution in [2.75, 3.05) is 0 Å². The van der Waals surface area contributed by atoms with Crippen LogP contribution in [0, 0.1) is 5.92 Å². The molecule has 0 aromatic rings. The number of hydrogen-bond acceptors (Lipinski definition) is 2. The van der Waals surface area contributed by atoms with Crippen molar-refractivity contribution in [3.63, 3.8) is 0 Å². The second-order valence-electron chi connectivity index (χ2n) is 5.86. The molecule has 2 rings (SSSR count). The highest BCUT2D eigenvalue weighted by atomic mass is 16.7. The van der Waals surface area contributed by atoms with Gasteiger partial charge in [0.2, 0.25) is 0 Å². The van der Waals surface area contributed by atoms with Crippen LogP contribution in [0.4, 0.5) is 0 Å². The van der Waals surface area contributed by atoms with Gasteiger partial charge in [0.05, 0.1) is 11.7 Å². The molecule has 1 heterocycles. The van der Waals surface area contributed by atoms with Gasteiger partial charge in [-0.2, -0.15) is 0 Å². The highest BCUT2D eigenvalue weighted by molar-refractivity contribution is 5.10. The summed E-state index contributed by atoms with van der Waals surface area (Å²) in [7, 11) is 0. The number of ether oxygens (including phenoxy) is 2. The first-order valence-corrected chi connectivity index (χ1v) is 5.84. The summed E-state index contributed by atoms with van der Waals surface area (Å²) < 4.78 is 12.0. The van der Waals surface area contributed by atoms with E-state index in [1.807, 2.05) is 13.8 Å². The largest absolute Gasteiger partial charge is 0.347 e. The Morgan fingerprint density at radius 3 is 2.60 bits per heavy atom. The molecule has 1 fully saturated rings. The quantitative estimate of drug-likeness (QED) is 0.571. The van der Waals surface area contributed by atoms with Gasteiger partial charge in [0.1, 0.15) is 0 Å². The molecule has 1 aliphatic heterocycles. The highest BCUT2D eigenvalue weighted by Gasteiger charge is 2.48. The minimum Gasteiger partial charge on any atom is -0.347 e. The van der Waals surface area contributed by atoms with Crippen LogP contribution in [0.3, 0.4) is 0 Å². The van der Waals surface area contributed by atoms with Crippen molar-refractivity contribution in [3.8, 4) is 0 Å². The van der Waals surface area contributed by atoms with Crippen molar-refractivity contribution in [1.82, 2.24) is 0 Å². The fraction of sp³-hybridized carbons (Fsp3) is 0.846. The lowest BCUT2D eigenvalue weighted by atomic mass is 9.76. The van der Waals surface area contributed by atoms with Gasteiger partial charge in [0.25, 0.3) is 0 Å². The van der Waals surface area contributed by atoms with Crippen LogP contribution in [0.5, 0.6) is 0 Å². The van der Waals surface area contributed by atoms with E-state index in [0.717, 1.165) is 12.8 Å². The van der Waals surface area contributed by atoms with E-state index in [4.69, 9.17) is 9.47 Å². The summed E-state index contributed by atoms with van der Waals surface area (Å²) in [5, 5.41) is 0. The van der Waals surface area contributed by atoms with E-state index in [1.54, 1.807) is 0 Å². The Balaban J connectivity index is 2.25. The molecule has 0 unspecified atom stereocenters. The van der Waals surface area contributed by atoms with Gasteiger partial charge in [-0.25, -0.2) is 0 Å². The zero-order chi connectivity index (χ0) is 11.3. The first-order valence-electron chi connectivity index (χ1n) is 5.84. The van der Waals surface area contributed by atoms with Crippen molar-refractivity contribution in [3.05, 3.63) is 11.6 Å². The van der Waals surface area contributed by atoms with E-state index < -0.39 is 5.79 Å². The van der Waals surface area contributed by atoms with Crippen LogP contribution in [0.15, 0.2) is 11.6 Å². The Kier molecular flexibility index (Phi) is 2.47. The van der Waals surface area contributed by atoms with Gasteiger partial charge < -0.3 is 9.47 Å². The zero-order valence-corrected chi connectivity index (χ0v) is 10.5. The number of hydrogen-bond donors (Lipinski definition) is 0. The Morgan fingerprint density at radius 2 is 1.93 bits per heavy atom. The molecule has 0 saturated carbocycles. The van der Waals surface area contributed by atoms with Crippen molar-refractivity contribution in [1.29, 1.82) is 0 Å². The van der Waals surface area contributed by atoms with Crippen molar-refractivity contribution >= 4 is 0 Å². The molecule has 2 nitrogen and oxygen atoms in total. The molecule has 2 aliphatic rings. The predicted octanol–water partition coefficient (Wildman–Crippen LogP) is 3.27. The maximum absolute atomic E-state index is 6.02. The lowest BCUT2D eigenvalue weighted by molar-refractivity contribution is -0.348. The van der Waals surface area contributed by atoms with Gasteiger partial charge in [-0.3, -0.25) is 0 Å². The lowest BCUT2D eigenvalue weighted by Gasteiger charge is -2.52. The van der Waals surface area contributed by atoms with E-state index in [-0.39, 0.29) is 5.60 Å². The minimum atomic E-state index is -0.442. The monoisotopic (exact) mass is 210 g/mol. The molecular weight excluding hydrogens is 188 g/mol. The molecule has 15 heavy (non-hydrogen) atoms. The maximum atomic E-state index is 6.02. The fourth-order valence-corrected chi connectivity index (χ4v) is 2.98. The predicted molar refractivity (Wildman–Crippen MR) is 60.6 cm³/mol. The topological polar surface area (TPSA) is 18.5 Å². The maximum Gasteiger partial charge on any atom is 0.163 e. The Labute approximate surface area is 92.6 Å². The van der Waals surface area contributed by atoms with E-state index in [9.17, 15) is 0 Å². The second-order valence-corrected chi connectivity index (χ2v) is 5.86. The molecular formula is C13H22O2. The summed E-state index contributed by atoms with van der Waals surface area (Å²) in [6.45, 7) is 10.6. The Bertz CT molecular complexity index is 289. The summed E-state index contributed by atoms with van der Waals surface area (Å²) in [5.74, 6) is 0.0525. The van der Waals surface area contributed by atoms with E-state index >= 15 is 0 Å². The Hall–Kier alpha value is -0.340. The third-order valence-electron chi connectivity index (χ3n) is 3.53. The van der Waals surface area contributed by atoms with Crippen molar-refractivity contribution < 1.29 is 9.47 Å². The number of rotatable bonds is 0. The van der Waals surface area contributed by atoms with E-state index in [1.165, 1.54) is 5.57 Å². The highest BCUT2D eigenvalue weighted by Crippen LogP contribution is 2.44. The van der Waals surface area contributed by atoms with Crippen LogP contribution in [0.25, 0.3) is 0 Å². The molecule has 0 amide bonds. The first-order chi connectivity index (χ1) is 6.80. The summed E-state index contributed by atoms with van der Waals surface area (Å²) >= 11 is 0. The average Bonchev–Trinajstić information content (AvgIpc) is 1.97. The molecule has 0 aromatic carbocycles. The normalized spacial score (nSPS) is 38.1. The average molecular weight is 210 g/mol. The summed E-state index contributed by atoms with van der Waals surface area (Å²) in [6.07, 6.45) is 4.79. The van der Waals surface area contributed by atoms with E-state index in [0.29, 0.717) is 12.0 Å². The molecule has 1 saturated heterocycles. The molecule has 86 valence electrons. The molecule has 0 spiro atoms. The SMILES string of the molecule is CC1=CC[C@@H]2[C@@H](C1)OC(C)(C)OC2(C)C. The number of fused-ring (bicyclic) bond motifs is 1. The van der Waals surface area contributed by atoms with Crippen LogP contribution < -0.4 is 0 Å². The van der Waals surface area contributed by atoms with Gasteiger partial charge in [-0.05, 0) is 47.5 Å². The van der Waals surface area contributed by atoms with Crippen LogP contribution in [0.1, 0.15) is 47.5 Å². The summed E-state index contributed by atoms with van der Waals surface area (Å²) in [4.78, 5) is 0.